The molecular formula is C17H18FNO2. The van der Waals surface area contributed by atoms with E-state index in [-0.39, 0.29) is 18.0 Å². The second-order valence-electron chi connectivity index (χ2n) is 5.63. The van der Waals surface area contributed by atoms with Gasteiger partial charge in [-0.2, -0.15) is 0 Å². The smallest absolute Gasteiger partial charge is 0.127 e. The number of benzene rings is 2. The molecule has 0 bridgehead atoms. The number of rotatable bonds is 1. The zero-order valence-corrected chi connectivity index (χ0v) is 12.1. The summed E-state index contributed by atoms with van der Waals surface area (Å²) in [7, 11) is 0. The normalized spacial score (nSPS) is 20.8. The van der Waals surface area contributed by atoms with Gasteiger partial charge in [-0.05, 0) is 48.7 Å². The molecule has 1 unspecified atom stereocenters. The first-order chi connectivity index (χ1) is 9.95. The van der Waals surface area contributed by atoms with Crippen LogP contribution in [-0.2, 0) is 0 Å². The lowest BCUT2D eigenvalue weighted by Gasteiger charge is -2.31. The van der Waals surface area contributed by atoms with Gasteiger partial charge in [0.1, 0.15) is 23.4 Å². The van der Waals surface area contributed by atoms with Crippen molar-refractivity contribution in [2.75, 3.05) is 0 Å². The molecule has 3 rings (SSSR count). The predicted molar refractivity (Wildman–Crippen MR) is 78.9 cm³/mol. The minimum absolute atomic E-state index is 0.186. The number of nitrogens with two attached hydrogens (primary N) is 1. The maximum atomic E-state index is 13.4. The SMILES string of the molecule is Cc1cc(C2C[C@@H](N)c3ccc(F)cc3O2)cc(C)c1O. The first-order valence-corrected chi connectivity index (χ1v) is 6.97. The van der Waals surface area contributed by atoms with Gasteiger partial charge in [-0.3, -0.25) is 0 Å². The molecule has 2 aromatic rings. The van der Waals surface area contributed by atoms with E-state index >= 15 is 0 Å². The summed E-state index contributed by atoms with van der Waals surface area (Å²) < 4.78 is 19.3. The van der Waals surface area contributed by atoms with Crippen LogP contribution in [0.25, 0.3) is 0 Å². The summed E-state index contributed by atoms with van der Waals surface area (Å²) in [5, 5.41) is 9.86. The average Bonchev–Trinajstić information content (AvgIpc) is 2.43. The maximum Gasteiger partial charge on any atom is 0.127 e. The number of aromatic hydroxyl groups is 1. The minimum Gasteiger partial charge on any atom is -0.507 e. The molecule has 2 atom stereocenters. The van der Waals surface area contributed by atoms with Gasteiger partial charge >= 0.3 is 0 Å². The second kappa shape index (κ2) is 5.04. The van der Waals surface area contributed by atoms with Crippen molar-refractivity contribution in [3.8, 4) is 11.5 Å². The Morgan fingerprint density at radius 1 is 1.19 bits per heavy atom. The van der Waals surface area contributed by atoms with Crippen LogP contribution in [0.1, 0.15) is 40.8 Å². The number of ether oxygens (including phenoxy) is 1. The fourth-order valence-electron chi connectivity index (χ4n) is 2.85. The number of hydrogen-bond donors (Lipinski definition) is 2. The lowest BCUT2D eigenvalue weighted by Crippen LogP contribution is -2.24. The molecule has 1 aliphatic rings. The van der Waals surface area contributed by atoms with E-state index in [1.807, 2.05) is 26.0 Å². The molecule has 0 fully saturated rings. The lowest BCUT2D eigenvalue weighted by atomic mass is 9.92. The molecule has 0 saturated heterocycles. The monoisotopic (exact) mass is 287 g/mol. The van der Waals surface area contributed by atoms with Gasteiger partial charge in [0.2, 0.25) is 0 Å². The molecule has 0 radical (unpaired) electrons. The number of phenols is 1. The van der Waals surface area contributed by atoms with Crippen molar-refractivity contribution in [3.63, 3.8) is 0 Å². The van der Waals surface area contributed by atoms with Crippen LogP contribution >= 0.6 is 0 Å². The summed E-state index contributed by atoms with van der Waals surface area (Å²) >= 11 is 0. The van der Waals surface area contributed by atoms with E-state index < -0.39 is 0 Å². The van der Waals surface area contributed by atoms with Gasteiger partial charge in [-0.1, -0.05) is 6.07 Å². The molecule has 110 valence electrons. The number of aryl methyl sites for hydroxylation is 2. The van der Waals surface area contributed by atoms with E-state index in [2.05, 4.69) is 0 Å². The van der Waals surface area contributed by atoms with Crippen molar-refractivity contribution < 1.29 is 14.2 Å². The predicted octanol–water partition coefficient (Wildman–Crippen LogP) is 3.67. The number of fused-ring (bicyclic) bond motifs is 1. The Hall–Kier alpha value is -2.07. The van der Waals surface area contributed by atoms with Crippen LogP contribution in [0.4, 0.5) is 4.39 Å². The Morgan fingerprint density at radius 2 is 1.86 bits per heavy atom. The summed E-state index contributed by atoms with van der Waals surface area (Å²) in [6, 6.07) is 8.06. The summed E-state index contributed by atoms with van der Waals surface area (Å²) in [6.07, 6.45) is 0.398. The van der Waals surface area contributed by atoms with E-state index in [4.69, 9.17) is 10.5 Å². The number of halogens is 1. The Bertz CT molecular complexity index is 676. The fourth-order valence-corrected chi connectivity index (χ4v) is 2.85. The molecule has 2 aromatic carbocycles. The topological polar surface area (TPSA) is 55.5 Å². The highest BCUT2D eigenvalue weighted by Gasteiger charge is 2.28. The van der Waals surface area contributed by atoms with Crippen LogP contribution in [0.3, 0.4) is 0 Å². The first-order valence-electron chi connectivity index (χ1n) is 6.97. The summed E-state index contributed by atoms with van der Waals surface area (Å²) in [6.45, 7) is 3.70. The van der Waals surface area contributed by atoms with Crippen molar-refractivity contribution in [1.29, 1.82) is 0 Å². The Balaban J connectivity index is 1.99. The van der Waals surface area contributed by atoms with Crippen LogP contribution in [-0.4, -0.2) is 5.11 Å². The van der Waals surface area contributed by atoms with E-state index in [9.17, 15) is 9.50 Å². The van der Waals surface area contributed by atoms with Crippen LogP contribution in [0, 0.1) is 19.7 Å². The van der Waals surface area contributed by atoms with Crippen LogP contribution in [0.15, 0.2) is 30.3 Å². The molecule has 0 aliphatic carbocycles. The number of hydrogen-bond acceptors (Lipinski definition) is 3. The molecule has 1 heterocycles. The average molecular weight is 287 g/mol. The third-order valence-corrected chi connectivity index (χ3v) is 4.00. The van der Waals surface area contributed by atoms with Crippen LogP contribution in [0.2, 0.25) is 0 Å². The molecule has 0 spiro atoms. The Labute approximate surface area is 123 Å². The zero-order chi connectivity index (χ0) is 15.1. The minimum atomic E-state index is -0.334. The maximum absolute atomic E-state index is 13.4. The largest absolute Gasteiger partial charge is 0.507 e. The molecule has 21 heavy (non-hydrogen) atoms. The van der Waals surface area contributed by atoms with E-state index in [1.54, 1.807) is 6.07 Å². The molecule has 3 N–H and O–H groups in total. The van der Waals surface area contributed by atoms with Gasteiger partial charge in [-0.15, -0.1) is 0 Å². The van der Waals surface area contributed by atoms with Crippen LogP contribution < -0.4 is 10.5 Å². The molecule has 3 nitrogen and oxygen atoms in total. The third kappa shape index (κ3) is 2.47. The van der Waals surface area contributed by atoms with Gasteiger partial charge in [0, 0.05) is 24.1 Å². The zero-order valence-electron chi connectivity index (χ0n) is 12.1. The van der Waals surface area contributed by atoms with Crippen molar-refractivity contribution in [1.82, 2.24) is 0 Å². The highest BCUT2D eigenvalue weighted by molar-refractivity contribution is 5.45. The van der Waals surface area contributed by atoms with Gasteiger partial charge in [0.15, 0.2) is 0 Å². The van der Waals surface area contributed by atoms with E-state index in [0.717, 1.165) is 22.3 Å². The van der Waals surface area contributed by atoms with E-state index in [1.165, 1.54) is 12.1 Å². The highest BCUT2D eigenvalue weighted by Crippen LogP contribution is 2.41. The van der Waals surface area contributed by atoms with Gasteiger partial charge < -0.3 is 15.6 Å². The van der Waals surface area contributed by atoms with Gasteiger partial charge in [-0.25, -0.2) is 4.39 Å². The Morgan fingerprint density at radius 3 is 2.52 bits per heavy atom. The van der Waals surface area contributed by atoms with Crippen molar-refractivity contribution in [2.45, 2.75) is 32.4 Å². The van der Waals surface area contributed by atoms with Crippen LogP contribution in [0.5, 0.6) is 11.5 Å². The molecule has 1 aliphatic heterocycles. The van der Waals surface area contributed by atoms with Gasteiger partial charge in [0.05, 0.1) is 0 Å². The summed E-state index contributed by atoms with van der Waals surface area (Å²) in [5.74, 6) is 0.465. The summed E-state index contributed by atoms with van der Waals surface area (Å²) in [4.78, 5) is 0. The molecular weight excluding hydrogens is 269 g/mol. The molecule has 4 heteroatoms. The van der Waals surface area contributed by atoms with Crippen molar-refractivity contribution in [2.24, 2.45) is 5.73 Å². The van der Waals surface area contributed by atoms with Gasteiger partial charge in [0.25, 0.3) is 0 Å². The standard InChI is InChI=1S/C17H18FNO2/c1-9-5-11(6-10(2)17(9)20)15-8-14(19)13-4-3-12(18)7-16(13)21-15/h3-7,14-15,20H,8,19H2,1-2H3/t14-,15?/m1/s1. The van der Waals surface area contributed by atoms with E-state index in [0.29, 0.717) is 17.9 Å². The number of phenolic OH excluding ortho intramolecular Hbond substituents is 1. The highest BCUT2D eigenvalue weighted by atomic mass is 19.1. The van der Waals surface area contributed by atoms with Crippen molar-refractivity contribution >= 4 is 0 Å². The quantitative estimate of drug-likeness (QED) is 0.841. The van der Waals surface area contributed by atoms with Crippen molar-refractivity contribution in [3.05, 3.63) is 58.4 Å². The Kier molecular flexibility index (Phi) is 3.33. The third-order valence-electron chi connectivity index (χ3n) is 4.00. The first kappa shape index (κ1) is 13.9. The summed E-state index contributed by atoms with van der Waals surface area (Å²) in [5.41, 5.74) is 9.56. The molecule has 0 aromatic heterocycles. The molecule has 0 saturated carbocycles. The molecule has 0 amide bonds. The lowest BCUT2D eigenvalue weighted by molar-refractivity contribution is 0.160. The second-order valence-corrected chi connectivity index (χ2v) is 5.63. The fraction of sp³-hybridized carbons (Fsp3) is 0.294.